The number of nitrogens with one attached hydrogen (secondary N) is 1. The summed E-state index contributed by atoms with van der Waals surface area (Å²) >= 11 is 6.82. The first kappa shape index (κ1) is 23.1. The zero-order valence-electron chi connectivity index (χ0n) is 19.8. The van der Waals surface area contributed by atoms with E-state index in [4.69, 9.17) is 27.1 Å². The van der Waals surface area contributed by atoms with Crippen LogP contribution in [0.15, 0.2) is 28.3 Å². The lowest BCUT2D eigenvalue weighted by Crippen LogP contribution is -2.41. The topological polar surface area (TPSA) is 118 Å². The van der Waals surface area contributed by atoms with Crippen LogP contribution in [0.25, 0.3) is 0 Å². The van der Waals surface area contributed by atoms with Crippen molar-refractivity contribution in [3.05, 3.63) is 40.2 Å². The van der Waals surface area contributed by atoms with Crippen LogP contribution in [0.3, 0.4) is 0 Å². The third-order valence-electron chi connectivity index (χ3n) is 7.02. The lowest BCUT2D eigenvalue weighted by atomic mass is 9.76. The van der Waals surface area contributed by atoms with Gasteiger partial charge in [0.15, 0.2) is 11.5 Å². The van der Waals surface area contributed by atoms with Crippen LogP contribution < -0.4 is 15.9 Å². The van der Waals surface area contributed by atoms with Gasteiger partial charge in [0.05, 0.1) is 5.71 Å². The number of benzene rings is 1. The summed E-state index contributed by atoms with van der Waals surface area (Å²) in [5.41, 5.74) is 12.6. The molecule has 0 bridgehead atoms. The van der Waals surface area contributed by atoms with Gasteiger partial charge in [-0.2, -0.15) is 10.1 Å². The molecule has 0 amide bonds. The smallest absolute Gasteiger partial charge is 0.246 e. The lowest BCUT2D eigenvalue weighted by Gasteiger charge is -2.33. The van der Waals surface area contributed by atoms with Gasteiger partial charge in [0.25, 0.3) is 0 Å². The molecule has 0 radical (unpaired) electrons. The average molecular weight is 483 g/mol. The van der Waals surface area contributed by atoms with Crippen LogP contribution in [-0.2, 0) is 0 Å². The number of ether oxygens (including phenoxy) is 1. The Labute approximate surface area is 204 Å². The predicted molar refractivity (Wildman–Crippen MR) is 134 cm³/mol. The zero-order chi connectivity index (χ0) is 24.0. The molecule has 1 aromatic carbocycles. The van der Waals surface area contributed by atoms with E-state index >= 15 is 0 Å². The number of aliphatic hydroxyl groups excluding tert-OH is 1. The molecule has 2 aliphatic heterocycles. The normalized spacial score (nSPS) is 25.6. The fourth-order valence-corrected chi connectivity index (χ4v) is 5.65. The highest BCUT2D eigenvalue weighted by Crippen LogP contribution is 2.42. The molecule has 2 aromatic rings. The van der Waals surface area contributed by atoms with Crippen LogP contribution in [-0.4, -0.2) is 38.3 Å². The second-order valence-corrected chi connectivity index (χ2v) is 10.5. The second kappa shape index (κ2) is 8.82. The van der Waals surface area contributed by atoms with Gasteiger partial charge in [0.1, 0.15) is 17.7 Å². The number of hydrazone groups is 1. The van der Waals surface area contributed by atoms with Gasteiger partial charge in [-0.25, -0.2) is 9.98 Å². The van der Waals surface area contributed by atoms with Crippen LogP contribution >= 0.6 is 11.6 Å². The summed E-state index contributed by atoms with van der Waals surface area (Å²) in [5, 5.41) is 14.6. The first-order valence-corrected chi connectivity index (χ1v) is 12.3. The Morgan fingerprint density at radius 1 is 1.21 bits per heavy atom. The van der Waals surface area contributed by atoms with Crippen molar-refractivity contribution in [1.29, 1.82) is 0 Å². The standard InChI is InChI=1S/C25H31ClN6O2/c1-13-28-23(27)21-24(29-13)34-25(2,3)22(30-21)16-8-9-18(19(26)11-16)15-6-4-14(5-7-15)10-17-12-20(33)32-31-17/h8-9,11,14-15,20,32-33H,4-7,10,12H2,1-3H3,(H2,27,28,29). The van der Waals surface area contributed by atoms with Crippen LogP contribution in [0.1, 0.15) is 75.2 Å². The second-order valence-electron chi connectivity index (χ2n) is 10.1. The predicted octanol–water partition coefficient (Wildman–Crippen LogP) is 4.64. The first-order chi connectivity index (χ1) is 16.2. The molecule has 4 N–H and O–H groups in total. The van der Waals surface area contributed by atoms with E-state index in [1.165, 1.54) is 5.56 Å². The SMILES string of the molecule is Cc1nc(N)c2c(n1)OC(C)(C)C(c1ccc(C3CCC(CC4=NNC(O)C4)CC3)c(Cl)c1)=N2. The molecule has 180 valence electrons. The Morgan fingerprint density at radius 3 is 2.65 bits per heavy atom. The minimum absolute atomic E-state index is 0.309. The van der Waals surface area contributed by atoms with Gasteiger partial charge in [-0.3, -0.25) is 5.43 Å². The highest BCUT2D eigenvalue weighted by atomic mass is 35.5. The maximum Gasteiger partial charge on any atom is 0.246 e. The molecule has 1 atom stereocenters. The molecule has 0 spiro atoms. The molecule has 1 aliphatic carbocycles. The zero-order valence-corrected chi connectivity index (χ0v) is 20.6. The third-order valence-corrected chi connectivity index (χ3v) is 7.35. The third kappa shape index (κ3) is 4.49. The fourth-order valence-electron chi connectivity index (χ4n) is 5.31. The highest BCUT2D eigenvalue weighted by Gasteiger charge is 2.36. The van der Waals surface area contributed by atoms with Gasteiger partial charge in [-0.1, -0.05) is 23.7 Å². The van der Waals surface area contributed by atoms with Crippen LogP contribution in [0, 0.1) is 12.8 Å². The van der Waals surface area contributed by atoms with Gasteiger partial charge >= 0.3 is 0 Å². The Bertz CT molecular complexity index is 1170. The first-order valence-electron chi connectivity index (χ1n) is 11.9. The average Bonchev–Trinajstić information content (AvgIpc) is 3.17. The lowest BCUT2D eigenvalue weighted by molar-refractivity contribution is 0.157. The number of rotatable bonds is 4. The van der Waals surface area contributed by atoms with Crippen molar-refractivity contribution in [3.63, 3.8) is 0 Å². The van der Waals surface area contributed by atoms with E-state index in [1.54, 1.807) is 6.92 Å². The molecule has 3 heterocycles. The molecule has 3 aliphatic rings. The molecule has 0 saturated heterocycles. The van der Waals surface area contributed by atoms with Crippen molar-refractivity contribution < 1.29 is 9.84 Å². The van der Waals surface area contributed by atoms with Crippen LogP contribution in [0.2, 0.25) is 5.02 Å². The van der Waals surface area contributed by atoms with Crippen molar-refractivity contribution in [2.24, 2.45) is 16.0 Å². The van der Waals surface area contributed by atoms with Crippen molar-refractivity contribution in [1.82, 2.24) is 15.4 Å². The number of nitrogen functional groups attached to an aromatic ring is 1. The van der Waals surface area contributed by atoms with Crippen molar-refractivity contribution in [2.45, 2.75) is 77.0 Å². The van der Waals surface area contributed by atoms with E-state index in [1.807, 2.05) is 19.9 Å². The highest BCUT2D eigenvalue weighted by molar-refractivity contribution is 6.32. The maximum atomic E-state index is 9.60. The maximum absolute atomic E-state index is 9.60. The molecule has 1 fully saturated rings. The van der Waals surface area contributed by atoms with E-state index in [-0.39, 0.29) is 0 Å². The minimum Gasteiger partial charge on any atom is -0.463 e. The Morgan fingerprint density at radius 2 is 1.97 bits per heavy atom. The summed E-state index contributed by atoms with van der Waals surface area (Å²) in [6.45, 7) is 5.71. The Balaban J connectivity index is 1.33. The summed E-state index contributed by atoms with van der Waals surface area (Å²) < 4.78 is 6.17. The van der Waals surface area contributed by atoms with E-state index in [0.717, 1.165) is 54.1 Å². The number of hydrogen-bond acceptors (Lipinski definition) is 8. The van der Waals surface area contributed by atoms with E-state index in [9.17, 15) is 5.11 Å². The van der Waals surface area contributed by atoms with E-state index in [0.29, 0.717) is 41.5 Å². The largest absolute Gasteiger partial charge is 0.463 e. The number of halogens is 1. The van der Waals surface area contributed by atoms with Crippen LogP contribution in [0.4, 0.5) is 11.5 Å². The Kier molecular flexibility index (Phi) is 5.98. The molecule has 1 unspecified atom stereocenters. The summed E-state index contributed by atoms with van der Waals surface area (Å²) in [5.74, 6) is 2.33. The van der Waals surface area contributed by atoms with E-state index < -0.39 is 11.8 Å². The number of nitrogens with two attached hydrogens (primary N) is 1. The minimum atomic E-state index is -0.686. The molecule has 5 rings (SSSR count). The summed E-state index contributed by atoms with van der Waals surface area (Å²) in [7, 11) is 0. The number of hydrogen-bond donors (Lipinski definition) is 3. The number of aromatic nitrogens is 2. The van der Waals surface area contributed by atoms with Crippen molar-refractivity contribution in [3.8, 4) is 5.88 Å². The number of aliphatic imine (C=N–C) groups is 1. The molecule has 1 aromatic heterocycles. The van der Waals surface area contributed by atoms with Crippen molar-refractivity contribution in [2.75, 3.05) is 5.73 Å². The summed E-state index contributed by atoms with van der Waals surface area (Å²) in [6, 6.07) is 6.20. The van der Waals surface area contributed by atoms with E-state index in [2.05, 4.69) is 32.6 Å². The van der Waals surface area contributed by atoms with Gasteiger partial charge < -0.3 is 15.6 Å². The molecule has 9 heteroatoms. The van der Waals surface area contributed by atoms with Gasteiger partial charge in [-0.05, 0) is 76.3 Å². The van der Waals surface area contributed by atoms with Crippen LogP contribution in [0.5, 0.6) is 5.88 Å². The summed E-state index contributed by atoms with van der Waals surface area (Å²) in [4.78, 5) is 13.4. The number of aliphatic hydroxyl groups is 1. The fraction of sp³-hybridized carbons (Fsp3) is 0.520. The molecule has 34 heavy (non-hydrogen) atoms. The number of anilines is 1. The quantitative estimate of drug-likeness (QED) is 0.584. The summed E-state index contributed by atoms with van der Waals surface area (Å²) in [6.07, 6.45) is 5.56. The Hall–Kier alpha value is -2.71. The van der Waals surface area contributed by atoms with Gasteiger partial charge in [0, 0.05) is 22.7 Å². The van der Waals surface area contributed by atoms with Crippen molar-refractivity contribution >= 4 is 34.5 Å². The number of nitrogens with zero attached hydrogens (tertiary/aromatic N) is 4. The number of aryl methyl sites for hydroxylation is 1. The van der Waals surface area contributed by atoms with Gasteiger partial charge in [0.2, 0.25) is 5.88 Å². The molecular formula is C25H31ClN6O2. The molecule has 8 nitrogen and oxygen atoms in total. The van der Waals surface area contributed by atoms with Gasteiger partial charge in [-0.15, -0.1) is 0 Å². The molecule has 1 saturated carbocycles. The molecular weight excluding hydrogens is 452 g/mol. The monoisotopic (exact) mass is 482 g/mol. The number of fused-ring (bicyclic) bond motifs is 1.